The third-order valence-electron chi connectivity index (χ3n) is 3.41. The molecule has 0 fully saturated rings. The van der Waals surface area contributed by atoms with E-state index in [4.69, 9.17) is 0 Å². The lowest BCUT2D eigenvalue weighted by Gasteiger charge is -2.03. The molecule has 0 unspecified atom stereocenters. The Kier molecular flexibility index (Phi) is 2.15. The van der Waals surface area contributed by atoms with Crippen LogP contribution in [-0.4, -0.2) is 0 Å². The Morgan fingerprint density at radius 3 is 1.65 bits per heavy atom. The number of benzene rings is 2. The molecule has 1 aromatic heterocycles. The Balaban J connectivity index is 2.53. The Morgan fingerprint density at radius 2 is 1.18 bits per heavy atom. The van der Waals surface area contributed by atoms with Gasteiger partial charge in [-0.1, -0.05) is 12.1 Å². The summed E-state index contributed by atoms with van der Waals surface area (Å²) in [7, 11) is 2.14. The van der Waals surface area contributed by atoms with E-state index in [9.17, 15) is 0 Å². The summed E-state index contributed by atoms with van der Waals surface area (Å²) < 4.78 is 2.28. The van der Waals surface area contributed by atoms with Crippen LogP contribution in [0, 0.1) is 13.8 Å². The molecule has 1 heteroatoms. The minimum absolute atomic E-state index is 1.29. The van der Waals surface area contributed by atoms with Crippen LogP contribution in [0.4, 0.5) is 0 Å². The Hall–Kier alpha value is -1.89. The third-order valence-corrected chi connectivity index (χ3v) is 3.41. The maximum Gasteiger partial charge on any atom is 0.213 e. The molecule has 0 saturated carbocycles. The summed E-state index contributed by atoms with van der Waals surface area (Å²) in [5.74, 6) is 0. The van der Waals surface area contributed by atoms with Crippen molar-refractivity contribution in [1.82, 2.24) is 0 Å². The summed E-state index contributed by atoms with van der Waals surface area (Å²) in [6.45, 7) is 4.28. The fourth-order valence-electron chi connectivity index (χ4n) is 2.43. The first-order chi connectivity index (χ1) is 8.15. The highest BCUT2D eigenvalue weighted by molar-refractivity contribution is 5.89. The second-order valence-electron chi connectivity index (χ2n) is 4.83. The average Bonchev–Trinajstić information content (AvgIpc) is 2.32. The Bertz CT molecular complexity index is 666. The normalized spacial score (nSPS) is 11.2. The number of fused-ring (bicyclic) bond motifs is 2. The van der Waals surface area contributed by atoms with Crippen LogP contribution in [0.15, 0.2) is 42.5 Å². The van der Waals surface area contributed by atoms with Crippen LogP contribution in [0.25, 0.3) is 21.8 Å². The van der Waals surface area contributed by atoms with E-state index in [0.29, 0.717) is 0 Å². The summed E-state index contributed by atoms with van der Waals surface area (Å²) >= 11 is 0. The molecule has 0 bridgehead atoms. The highest BCUT2D eigenvalue weighted by atomic mass is 14.9. The van der Waals surface area contributed by atoms with Crippen molar-refractivity contribution in [1.29, 1.82) is 0 Å². The first-order valence-corrected chi connectivity index (χ1v) is 5.95. The largest absolute Gasteiger partial charge is 0.213 e. The maximum atomic E-state index is 2.28. The van der Waals surface area contributed by atoms with Crippen LogP contribution in [0.2, 0.25) is 0 Å². The summed E-state index contributed by atoms with van der Waals surface area (Å²) in [6, 6.07) is 15.5. The predicted octanol–water partition coefficient (Wildman–Crippen LogP) is 3.43. The van der Waals surface area contributed by atoms with Gasteiger partial charge in [0.05, 0.1) is 0 Å². The van der Waals surface area contributed by atoms with E-state index in [1.165, 1.54) is 32.9 Å². The van der Waals surface area contributed by atoms with Gasteiger partial charge < -0.3 is 0 Å². The van der Waals surface area contributed by atoms with Crippen LogP contribution in [0.5, 0.6) is 0 Å². The van der Waals surface area contributed by atoms with Gasteiger partial charge in [0.1, 0.15) is 7.05 Å². The molecule has 3 aromatic rings. The summed E-state index contributed by atoms with van der Waals surface area (Å²) in [6.07, 6.45) is 0. The molecule has 0 aliphatic heterocycles. The lowest BCUT2D eigenvalue weighted by atomic mass is 10.1. The quantitative estimate of drug-likeness (QED) is 0.405. The first-order valence-electron chi connectivity index (χ1n) is 5.95. The summed E-state index contributed by atoms with van der Waals surface area (Å²) in [5, 5.41) is 2.60. The molecule has 1 heterocycles. The van der Waals surface area contributed by atoms with Crippen molar-refractivity contribution in [2.24, 2.45) is 7.05 Å². The molecule has 0 radical (unpaired) electrons. The fraction of sp³-hybridized carbons (Fsp3) is 0.188. The molecular formula is C16H16N+. The van der Waals surface area contributed by atoms with E-state index in [-0.39, 0.29) is 0 Å². The van der Waals surface area contributed by atoms with Crippen LogP contribution in [0.1, 0.15) is 11.1 Å². The van der Waals surface area contributed by atoms with Crippen molar-refractivity contribution < 1.29 is 4.57 Å². The molecule has 3 rings (SSSR count). The van der Waals surface area contributed by atoms with Crippen molar-refractivity contribution >= 4 is 21.8 Å². The predicted molar refractivity (Wildman–Crippen MR) is 72.1 cm³/mol. The molecule has 1 nitrogen and oxygen atoms in total. The molecule has 0 saturated heterocycles. The van der Waals surface area contributed by atoms with Crippen molar-refractivity contribution in [3.05, 3.63) is 53.6 Å². The van der Waals surface area contributed by atoms with Crippen molar-refractivity contribution in [3.8, 4) is 0 Å². The number of rotatable bonds is 0. The van der Waals surface area contributed by atoms with Gasteiger partial charge >= 0.3 is 0 Å². The van der Waals surface area contributed by atoms with Gasteiger partial charge in [-0.15, -0.1) is 0 Å². The van der Waals surface area contributed by atoms with Crippen molar-refractivity contribution in [3.63, 3.8) is 0 Å². The second-order valence-corrected chi connectivity index (χ2v) is 4.83. The van der Waals surface area contributed by atoms with Gasteiger partial charge in [-0.25, -0.2) is 0 Å². The van der Waals surface area contributed by atoms with Crippen LogP contribution in [-0.2, 0) is 7.05 Å². The maximum absolute atomic E-state index is 2.28. The smallest absolute Gasteiger partial charge is 0.194 e. The van der Waals surface area contributed by atoms with Gasteiger partial charge in [0.15, 0.2) is 0 Å². The standard InChI is InChI=1S/C16H16N/c1-11-4-6-13-10-14-7-5-12(2)9-16(14)17(3)15(13)8-11/h4-10H,1-3H3/q+1. The molecule has 0 aliphatic rings. The van der Waals surface area contributed by atoms with Gasteiger partial charge in [0, 0.05) is 22.9 Å². The Labute approximate surface area is 101 Å². The van der Waals surface area contributed by atoms with Crippen molar-refractivity contribution in [2.75, 3.05) is 0 Å². The molecule has 17 heavy (non-hydrogen) atoms. The second kappa shape index (κ2) is 3.56. The molecule has 0 atom stereocenters. The summed E-state index contributed by atoms with van der Waals surface area (Å²) in [4.78, 5) is 0. The van der Waals surface area contributed by atoms with E-state index >= 15 is 0 Å². The number of hydrogen-bond donors (Lipinski definition) is 0. The minimum Gasteiger partial charge on any atom is -0.194 e. The third kappa shape index (κ3) is 1.59. The molecule has 0 N–H and O–H groups in total. The van der Waals surface area contributed by atoms with Crippen LogP contribution < -0.4 is 4.57 Å². The molecule has 2 aromatic carbocycles. The van der Waals surface area contributed by atoms with E-state index in [2.05, 4.69) is 67.9 Å². The fourth-order valence-corrected chi connectivity index (χ4v) is 2.43. The van der Waals surface area contributed by atoms with Gasteiger partial charge in [-0.2, -0.15) is 4.57 Å². The number of hydrogen-bond acceptors (Lipinski definition) is 0. The van der Waals surface area contributed by atoms with E-state index in [0.717, 1.165) is 0 Å². The zero-order valence-corrected chi connectivity index (χ0v) is 10.5. The van der Waals surface area contributed by atoms with E-state index in [1.807, 2.05) is 0 Å². The zero-order chi connectivity index (χ0) is 12.0. The number of aromatic nitrogens is 1. The number of pyridine rings is 1. The average molecular weight is 222 g/mol. The lowest BCUT2D eigenvalue weighted by molar-refractivity contribution is -0.617. The molecule has 0 aliphatic carbocycles. The van der Waals surface area contributed by atoms with Crippen molar-refractivity contribution in [2.45, 2.75) is 13.8 Å². The van der Waals surface area contributed by atoms with Gasteiger partial charge in [-0.05, 0) is 43.2 Å². The monoisotopic (exact) mass is 222 g/mol. The van der Waals surface area contributed by atoms with E-state index in [1.54, 1.807) is 0 Å². The Morgan fingerprint density at radius 1 is 0.706 bits per heavy atom. The lowest BCUT2D eigenvalue weighted by Crippen LogP contribution is -2.30. The highest BCUT2D eigenvalue weighted by Gasteiger charge is 2.11. The molecule has 84 valence electrons. The molecule has 0 spiro atoms. The highest BCUT2D eigenvalue weighted by Crippen LogP contribution is 2.19. The van der Waals surface area contributed by atoms with E-state index < -0.39 is 0 Å². The topological polar surface area (TPSA) is 3.88 Å². The zero-order valence-electron chi connectivity index (χ0n) is 10.5. The first kappa shape index (κ1) is 10.3. The SMILES string of the molecule is Cc1ccc2cc3ccc(C)cc3[n+](C)c2c1. The molecular weight excluding hydrogens is 206 g/mol. The minimum atomic E-state index is 1.29. The van der Waals surface area contributed by atoms with Crippen LogP contribution in [0.3, 0.4) is 0 Å². The van der Waals surface area contributed by atoms with Gasteiger partial charge in [-0.3, -0.25) is 0 Å². The summed E-state index contributed by atoms with van der Waals surface area (Å²) in [5.41, 5.74) is 5.20. The van der Waals surface area contributed by atoms with Gasteiger partial charge in [0.25, 0.3) is 0 Å². The molecule has 0 amide bonds. The van der Waals surface area contributed by atoms with Crippen LogP contribution >= 0.6 is 0 Å². The van der Waals surface area contributed by atoms with Gasteiger partial charge in [0.2, 0.25) is 11.0 Å². The number of nitrogens with zero attached hydrogens (tertiary/aromatic N) is 1. The number of aryl methyl sites for hydroxylation is 3.